The number of carbonyl (C=O) groups is 2. The SMILES string of the molecule is CCCCN1C(=O)C(=O)/C(=C(\O)c2ccc(F)c(C)c2)C1c1ccc(O)c(OCC)c1. The Labute approximate surface area is 180 Å². The van der Waals surface area contributed by atoms with Crippen LogP contribution in [0.25, 0.3) is 5.76 Å². The van der Waals surface area contributed by atoms with Gasteiger partial charge in [-0.3, -0.25) is 9.59 Å². The van der Waals surface area contributed by atoms with Crippen LogP contribution in [0.4, 0.5) is 4.39 Å². The number of phenols is 1. The van der Waals surface area contributed by atoms with E-state index in [2.05, 4.69) is 0 Å². The summed E-state index contributed by atoms with van der Waals surface area (Å²) in [7, 11) is 0. The molecular weight excluding hydrogens is 401 g/mol. The van der Waals surface area contributed by atoms with Crippen LogP contribution in [0.3, 0.4) is 0 Å². The van der Waals surface area contributed by atoms with Gasteiger partial charge >= 0.3 is 0 Å². The van der Waals surface area contributed by atoms with Crippen molar-refractivity contribution >= 4 is 17.4 Å². The topological polar surface area (TPSA) is 87.1 Å². The molecule has 0 saturated carbocycles. The van der Waals surface area contributed by atoms with Gasteiger partial charge in [0.25, 0.3) is 11.7 Å². The number of unbranched alkanes of at least 4 members (excludes halogenated alkanes) is 1. The number of ketones is 1. The Hall–Kier alpha value is -3.35. The summed E-state index contributed by atoms with van der Waals surface area (Å²) < 4.78 is 19.2. The van der Waals surface area contributed by atoms with Gasteiger partial charge in [-0.05, 0) is 61.7 Å². The summed E-state index contributed by atoms with van der Waals surface area (Å²) in [6.07, 6.45) is 1.49. The number of aryl methyl sites for hydroxylation is 1. The zero-order valence-corrected chi connectivity index (χ0v) is 17.8. The maximum atomic E-state index is 13.7. The first-order valence-electron chi connectivity index (χ1n) is 10.3. The third-order valence-electron chi connectivity index (χ3n) is 5.32. The van der Waals surface area contributed by atoms with Crippen molar-refractivity contribution in [3.63, 3.8) is 0 Å². The molecule has 3 rings (SSSR count). The minimum Gasteiger partial charge on any atom is -0.507 e. The number of hydrogen-bond donors (Lipinski definition) is 2. The van der Waals surface area contributed by atoms with Crippen molar-refractivity contribution in [3.05, 3.63) is 64.5 Å². The molecule has 1 saturated heterocycles. The fraction of sp³-hybridized carbons (Fsp3) is 0.333. The number of halogens is 1. The largest absolute Gasteiger partial charge is 0.507 e. The lowest BCUT2D eigenvalue weighted by Gasteiger charge is -2.25. The second kappa shape index (κ2) is 9.20. The number of aliphatic hydroxyl groups is 1. The number of phenolic OH excluding ortho intramolecular Hbond substituents is 1. The van der Waals surface area contributed by atoms with Crippen molar-refractivity contribution in [2.75, 3.05) is 13.2 Å². The van der Waals surface area contributed by atoms with E-state index >= 15 is 0 Å². The zero-order valence-electron chi connectivity index (χ0n) is 17.8. The molecule has 0 radical (unpaired) electrons. The number of benzene rings is 2. The monoisotopic (exact) mass is 427 g/mol. The minimum absolute atomic E-state index is 0.0646. The molecule has 0 aliphatic carbocycles. The predicted molar refractivity (Wildman–Crippen MR) is 114 cm³/mol. The van der Waals surface area contributed by atoms with Crippen molar-refractivity contribution < 1.29 is 28.9 Å². The Morgan fingerprint density at radius 2 is 1.90 bits per heavy atom. The number of ether oxygens (including phenoxy) is 1. The molecule has 2 aromatic carbocycles. The molecule has 7 heteroatoms. The average Bonchev–Trinajstić information content (AvgIpc) is 3.00. The lowest BCUT2D eigenvalue weighted by Crippen LogP contribution is -2.30. The molecule has 1 fully saturated rings. The number of aromatic hydroxyl groups is 1. The van der Waals surface area contributed by atoms with E-state index in [4.69, 9.17) is 4.74 Å². The van der Waals surface area contributed by atoms with Crippen LogP contribution in [0, 0.1) is 12.7 Å². The standard InChI is InChI=1S/C24H26FNO5/c1-4-6-11-26-21(15-8-10-18(27)19(13-15)31-5-2)20(23(29)24(26)30)22(28)16-7-9-17(25)14(3)12-16/h7-10,12-13,21,27-28H,4-6,11H2,1-3H3/b22-20-. The fourth-order valence-electron chi connectivity index (χ4n) is 3.71. The molecule has 0 spiro atoms. The molecule has 0 aromatic heterocycles. The van der Waals surface area contributed by atoms with Gasteiger partial charge in [-0.2, -0.15) is 0 Å². The summed E-state index contributed by atoms with van der Waals surface area (Å²) in [6, 6.07) is 7.76. The minimum atomic E-state index is -0.850. The molecule has 0 bridgehead atoms. The third-order valence-corrected chi connectivity index (χ3v) is 5.32. The molecule has 1 aliphatic heterocycles. The lowest BCUT2D eigenvalue weighted by molar-refractivity contribution is -0.139. The number of likely N-dealkylation sites (tertiary alicyclic amines) is 1. The second-order valence-corrected chi connectivity index (χ2v) is 7.47. The third kappa shape index (κ3) is 4.26. The molecule has 1 unspecified atom stereocenters. The van der Waals surface area contributed by atoms with E-state index in [1.54, 1.807) is 26.0 Å². The van der Waals surface area contributed by atoms with Crippen LogP contribution in [0.5, 0.6) is 11.5 Å². The maximum Gasteiger partial charge on any atom is 0.295 e. The van der Waals surface area contributed by atoms with E-state index in [-0.39, 0.29) is 28.4 Å². The van der Waals surface area contributed by atoms with Gasteiger partial charge in [0.05, 0.1) is 18.2 Å². The summed E-state index contributed by atoms with van der Waals surface area (Å²) in [6.45, 7) is 5.95. The molecule has 1 aliphatic rings. The van der Waals surface area contributed by atoms with E-state index < -0.39 is 23.5 Å². The Balaban J connectivity index is 2.19. The predicted octanol–water partition coefficient (Wildman–Crippen LogP) is 4.46. The van der Waals surface area contributed by atoms with Crippen molar-refractivity contribution in [3.8, 4) is 11.5 Å². The van der Waals surface area contributed by atoms with Crippen LogP contribution in [-0.2, 0) is 9.59 Å². The first-order chi connectivity index (χ1) is 14.8. The van der Waals surface area contributed by atoms with Crippen molar-refractivity contribution in [1.29, 1.82) is 0 Å². The molecule has 31 heavy (non-hydrogen) atoms. The number of hydrogen-bond acceptors (Lipinski definition) is 5. The van der Waals surface area contributed by atoms with Gasteiger partial charge in [-0.15, -0.1) is 0 Å². The zero-order chi connectivity index (χ0) is 22.7. The van der Waals surface area contributed by atoms with Gasteiger partial charge < -0.3 is 19.8 Å². The number of amides is 1. The summed E-state index contributed by atoms with van der Waals surface area (Å²) in [5, 5.41) is 21.1. The van der Waals surface area contributed by atoms with Crippen LogP contribution in [0.2, 0.25) is 0 Å². The quantitative estimate of drug-likeness (QED) is 0.387. The first-order valence-corrected chi connectivity index (χ1v) is 10.3. The molecule has 1 atom stereocenters. The molecular formula is C24H26FNO5. The van der Waals surface area contributed by atoms with E-state index in [0.29, 0.717) is 30.7 Å². The van der Waals surface area contributed by atoms with Gasteiger partial charge in [0, 0.05) is 12.1 Å². The summed E-state index contributed by atoms with van der Waals surface area (Å²) in [4.78, 5) is 27.2. The molecule has 6 nitrogen and oxygen atoms in total. The number of rotatable bonds is 7. The molecule has 2 N–H and O–H groups in total. The Morgan fingerprint density at radius 1 is 1.16 bits per heavy atom. The number of Topliss-reactive ketones (excluding diaryl/α,β-unsaturated/α-hetero) is 1. The normalized spacial score (nSPS) is 17.9. The van der Waals surface area contributed by atoms with E-state index in [9.17, 15) is 24.2 Å². The van der Waals surface area contributed by atoms with Gasteiger partial charge in [-0.25, -0.2) is 4.39 Å². The highest BCUT2D eigenvalue weighted by Crippen LogP contribution is 2.42. The highest BCUT2D eigenvalue weighted by molar-refractivity contribution is 6.46. The van der Waals surface area contributed by atoms with E-state index in [1.165, 1.54) is 29.2 Å². The van der Waals surface area contributed by atoms with Gasteiger partial charge in [0.15, 0.2) is 11.5 Å². The van der Waals surface area contributed by atoms with Crippen LogP contribution in [0.1, 0.15) is 49.4 Å². The van der Waals surface area contributed by atoms with Gasteiger partial charge in [-0.1, -0.05) is 19.4 Å². The molecule has 2 aromatic rings. The average molecular weight is 427 g/mol. The smallest absolute Gasteiger partial charge is 0.295 e. The Kier molecular flexibility index (Phi) is 6.63. The highest BCUT2D eigenvalue weighted by Gasteiger charge is 2.46. The summed E-state index contributed by atoms with van der Waals surface area (Å²) >= 11 is 0. The van der Waals surface area contributed by atoms with E-state index in [1.807, 2.05) is 6.92 Å². The maximum absolute atomic E-state index is 13.7. The van der Waals surface area contributed by atoms with Crippen LogP contribution < -0.4 is 4.74 Å². The highest BCUT2D eigenvalue weighted by atomic mass is 19.1. The molecule has 164 valence electrons. The molecule has 1 heterocycles. The van der Waals surface area contributed by atoms with Crippen molar-refractivity contribution in [2.45, 2.75) is 39.7 Å². The second-order valence-electron chi connectivity index (χ2n) is 7.47. The Bertz CT molecular complexity index is 1050. The van der Waals surface area contributed by atoms with Gasteiger partial charge in [0.1, 0.15) is 11.6 Å². The van der Waals surface area contributed by atoms with Crippen LogP contribution >= 0.6 is 0 Å². The Morgan fingerprint density at radius 3 is 2.55 bits per heavy atom. The van der Waals surface area contributed by atoms with Gasteiger partial charge in [0.2, 0.25) is 0 Å². The number of carbonyl (C=O) groups excluding carboxylic acids is 2. The van der Waals surface area contributed by atoms with Crippen LogP contribution in [-0.4, -0.2) is 40.0 Å². The summed E-state index contributed by atoms with van der Waals surface area (Å²) in [5.74, 6) is -2.15. The lowest BCUT2D eigenvalue weighted by atomic mass is 9.94. The fourth-order valence-corrected chi connectivity index (χ4v) is 3.71. The molecule has 1 amide bonds. The number of aliphatic hydroxyl groups excluding tert-OH is 1. The number of nitrogens with zero attached hydrogens (tertiary/aromatic N) is 1. The first kappa shape index (κ1) is 22.3. The van der Waals surface area contributed by atoms with Crippen molar-refractivity contribution in [1.82, 2.24) is 4.90 Å². The van der Waals surface area contributed by atoms with E-state index in [0.717, 1.165) is 6.42 Å². The summed E-state index contributed by atoms with van der Waals surface area (Å²) in [5.41, 5.74) is 1.02. The van der Waals surface area contributed by atoms with Crippen molar-refractivity contribution in [2.24, 2.45) is 0 Å². The van der Waals surface area contributed by atoms with Crippen LogP contribution in [0.15, 0.2) is 42.0 Å².